The monoisotopic (exact) mass is 520 g/mol. The van der Waals surface area contributed by atoms with Crippen molar-refractivity contribution in [3.63, 3.8) is 0 Å². The predicted octanol–water partition coefficient (Wildman–Crippen LogP) is 0.640. The van der Waals surface area contributed by atoms with Gasteiger partial charge in [-0.05, 0) is 50.7 Å². The molecule has 0 unspecified atom stereocenters. The number of likely N-dealkylation sites (tertiary alicyclic amines) is 1. The Bertz CT molecular complexity index is 926. The molecule has 1 aromatic carbocycles. The first kappa shape index (κ1) is 29.2. The first-order valence-corrected chi connectivity index (χ1v) is 13.3. The first-order chi connectivity index (χ1) is 17.1. The van der Waals surface area contributed by atoms with Crippen molar-refractivity contribution in [3.05, 3.63) is 35.9 Å². The van der Waals surface area contributed by atoms with Crippen LogP contribution in [0, 0.1) is 0 Å². The lowest BCUT2D eigenvalue weighted by atomic mass is 10.0. The lowest BCUT2D eigenvalue weighted by Gasteiger charge is -2.32. The van der Waals surface area contributed by atoms with Crippen molar-refractivity contribution in [3.8, 4) is 0 Å². The minimum Gasteiger partial charge on any atom is -0.467 e. The molecule has 1 heterocycles. The van der Waals surface area contributed by atoms with Gasteiger partial charge in [-0.15, -0.1) is 0 Å². The predicted molar refractivity (Wildman–Crippen MR) is 137 cm³/mol. The quantitative estimate of drug-likeness (QED) is 0.257. The van der Waals surface area contributed by atoms with Crippen LogP contribution >= 0.6 is 11.8 Å². The van der Waals surface area contributed by atoms with Gasteiger partial charge in [-0.3, -0.25) is 19.2 Å². The number of amides is 4. The SMILES string of the molecule is COC(=O)[C@H](Cc1ccccc1)NC(=O)C(C)(C)NC(=O)[C@@H]1CCCN1C(=O)[C@H](CCSC)NC=O. The number of hydrogen-bond donors (Lipinski definition) is 3. The molecule has 198 valence electrons. The number of rotatable bonds is 13. The fourth-order valence-corrected chi connectivity index (χ4v) is 4.54. The maximum absolute atomic E-state index is 13.2. The maximum atomic E-state index is 13.2. The van der Waals surface area contributed by atoms with Crippen molar-refractivity contribution >= 4 is 41.9 Å². The minimum atomic E-state index is -1.36. The highest BCUT2D eigenvalue weighted by molar-refractivity contribution is 7.98. The van der Waals surface area contributed by atoms with Crippen LogP contribution in [0.5, 0.6) is 0 Å². The van der Waals surface area contributed by atoms with Gasteiger partial charge in [0.25, 0.3) is 0 Å². The zero-order chi connectivity index (χ0) is 26.7. The van der Waals surface area contributed by atoms with Gasteiger partial charge in [0.2, 0.25) is 24.1 Å². The number of nitrogens with zero attached hydrogens (tertiary/aromatic N) is 1. The van der Waals surface area contributed by atoms with E-state index in [1.807, 2.05) is 36.6 Å². The van der Waals surface area contributed by atoms with Gasteiger partial charge in [0.1, 0.15) is 23.7 Å². The summed E-state index contributed by atoms with van der Waals surface area (Å²) in [6.07, 6.45) is 4.17. The number of ether oxygens (including phenoxy) is 1. The van der Waals surface area contributed by atoms with E-state index in [-0.39, 0.29) is 12.3 Å². The molecule has 0 spiro atoms. The summed E-state index contributed by atoms with van der Waals surface area (Å²) < 4.78 is 4.85. The van der Waals surface area contributed by atoms with E-state index in [9.17, 15) is 24.0 Å². The molecule has 1 fully saturated rings. The lowest BCUT2D eigenvalue weighted by molar-refractivity contribution is -0.146. The smallest absolute Gasteiger partial charge is 0.328 e. The number of carbonyl (C=O) groups excluding carboxylic acids is 5. The second-order valence-corrected chi connectivity index (χ2v) is 10.1. The summed E-state index contributed by atoms with van der Waals surface area (Å²) in [5.74, 6) is -1.25. The van der Waals surface area contributed by atoms with Crippen LogP contribution in [0.1, 0.15) is 38.7 Å². The fraction of sp³-hybridized carbons (Fsp3) is 0.560. The maximum Gasteiger partial charge on any atom is 0.328 e. The summed E-state index contributed by atoms with van der Waals surface area (Å²) in [4.78, 5) is 64.1. The molecule has 1 aliphatic heterocycles. The summed E-state index contributed by atoms with van der Waals surface area (Å²) in [5, 5.41) is 7.97. The molecule has 36 heavy (non-hydrogen) atoms. The molecule has 0 aromatic heterocycles. The van der Waals surface area contributed by atoms with Crippen molar-refractivity contribution in [1.29, 1.82) is 0 Å². The Morgan fingerprint density at radius 3 is 2.50 bits per heavy atom. The van der Waals surface area contributed by atoms with Gasteiger partial charge >= 0.3 is 5.97 Å². The van der Waals surface area contributed by atoms with Crippen molar-refractivity contribution in [1.82, 2.24) is 20.9 Å². The number of carbonyl (C=O) groups is 5. The summed E-state index contributed by atoms with van der Waals surface area (Å²) in [7, 11) is 1.25. The summed E-state index contributed by atoms with van der Waals surface area (Å²) in [6, 6.07) is 6.80. The molecule has 3 N–H and O–H groups in total. The number of hydrogen-bond acceptors (Lipinski definition) is 7. The van der Waals surface area contributed by atoms with Gasteiger partial charge in [0.15, 0.2) is 0 Å². The topological polar surface area (TPSA) is 134 Å². The minimum absolute atomic E-state index is 0.231. The average Bonchev–Trinajstić information content (AvgIpc) is 3.36. The zero-order valence-electron chi connectivity index (χ0n) is 21.2. The van der Waals surface area contributed by atoms with Crippen LogP contribution in [0.3, 0.4) is 0 Å². The third-order valence-corrected chi connectivity index (χ3v) is 6.74. The van der Waals surface area contributed by atoms with E-state index in [1.165, 1.54) is 25.9 Å². The highest BCUT2D eigenvalue weighted by Crippen LogP contribution is 2.21. The van der Waals surface area contributed by atoms with E-state index in [1.54, 1.807) is 11.8 Å². The number of nitrogens with one attached hydrogen (secondary N) is 3. The standard InChI is InChI=1S/C25H36N4O6S/c1-25(2,24(34)27-19(23(33)35-3)15-17-9-6-5-7-10-17)28-21(31)20-11-8-13-29(20)22(32)18(26-16-30)12-14-36-4/h5-7,9-10,16,18-20H,8,11-15H2,1-4H3,(H,26,30)(H,27,34)(H,28,31)/t18-,19-,20-/m0/s1. The normalized spacial score (nSPS) is 17.0. The highest BCUT2D eigenvalue weighted by Gasteiger charge is 2.40. The molecule has 1 aromatic rings. The highest BCUT2D eigenvalue weighted by atomic mass is 32.2. The van der Waals surface area contributed by atoms with Crippen LogP contribution in [-0.2, 0) is 35.1 Å². The second kappa shape index (κ2) is 13.9. The first-order valence-electron chi connectivity index (χ1n) is 11.9. The second-order valence-electron chi connectivity index (χ2n) is 9.16. The molecule has 3 atom stereocenters. The van der Waals surface area contributed by atoms with Crippen LogP contribution in [0.4, 0.5) is 0 Å². The summed E-state index contributed by atoms with van der Waals surface area (Å²) in [6.45, 7) is 3.46. The van der Waals surface area contributed by atoms with Crippen LogP contribution in [0.15, 0.2) is 30.3 Å². The van der Waals surface area contributed by atoms with Crippen molar-refractivity contribution in [2.24, 2.45) is 0 Å². The van der Waals surface area contributed by atoms with Crippen LogP contribution in [-0.4, -0.2) is 84.3 Å². The van der Waals surface area contributed by atoms with Crippen molar-refractivity contribution < 1.29 is 28.7 Å². The van der Waals surface area contributed by atoms with Gasteiger partial charge < -0.3 is 25.6 Å². The molecule has 1 aliphatic rings. The van der Waals surface area contributed by atoms with E-state index in [0.29, 0.717) is 38.0 Å². The van der Waals surface area contributed by atoms with Gasteiger partial charge in [0.05, 0.1) is 7.11 Å². The molecule has 4 amide bonds. The zero-order valence-corrected chi connectivity index (χ0v) is 22.1. The Hall–Kier alpha value is -3.08. The van der Waals surface area contributed by atoms with E-state index < -0.39 is 41.4 Å². The Morgan fingerprint density at radius 1 is 1.19 bits per heavy atom. The van der Waals surface area contributed by atoms with E-state index in [2.05, 4.69) is 16.0 Å². The molecule has 10 nitrogen and oxygen atoms in total. The Balaban J connectivity index is 2.08. The van der Waals surface area contributed by atoms with E-state index in [4.69, 9.17) is 4.74 Å². The molecule has 11 heteroatoms. The number of esters is 1. The number of benzene rings is 1. The summed E-state index contributed by atoms with van der Waals surface area (Å²) in [5.41, 5.74) is -0.522. The van der Waals surface area contributed by atoms with Crippen LogP contribution in [0.2, 0.25) is 0 Å². The molecule has 0 saturated carbocycles. The molecule has 0 bridgehead atoms. The lowest BCUT2D eigenvalue weighted by Crippen LogP contribution is -2.61. The molecule has 1 saturated heterocycles. The Morgan fingerprint density at radius 2 is 1.89 bits per heavy atom. The van der Waals surface area contributed by atoms with E-state index in [0.717, 1.165) is 5.56 Å². The third-order valence-electron chi connectivity index (χ3n) is 6.09. The molecule has 0 radical (unpaired) electrons. The Labute approximate surface area is 216 Å². The van der Waals surface area contributed by atoms with Crippen molar-refractivity contribution in [2.45, 2.75) is 63.2 Å². The van der Waals surface area contributed by atoms with Crippen LogP contribution in [0.25, 0.3) is 0 Å². The van der Waals surface area contributed by atoms with Gasteiger partial charge in [0, 0.05) is 13.0 Å². The largest absolute Gasteiger partial charge is 0.467 e. The molecule has 0 aliphatic carbocycles. The van der Waals surface area contributed by atoms with Gasteiger partial charge in [-0.1, -0.05) is 30.3 Å². The number of thioether (sulfide) groups is 1. The van der Waals surface area contributed by atoms with Crippen LogP contribution < -0.4 is 16.0 Å². The molecular formula is C25H36N4O6S. The fourth-order valence-electron chi connectivity index (χ4n) is 4.07. The van der Waals surface area contributed by atoms with Gasteiger partial charge in [-0.25, -0.2) is 4.79 Å². The molecular weight excluding hydrogens is 484 g/mol. The third kappa shape index (κ3) is 7.97. The van der Waals surface area contributed by atoms with Crippen molar-refractivity contribution in [2.75, 3.05) is 25.7 Å². The average molecular weight is 521 g/mol. The number of methoxy groups -OCH3 is 1. The van der Waals surface area contributed by atoms with E-state index >= 15 is 0 Å². The molecule has 2 rings (SSSR count). The Kier molecular flexibility index (Phi) is 11.2. The summed E-state index contributed by atoms with van der Waals surface area (Å²) >= 11 is 1.56. The van der Waals surface area contributed by atoms with Gasteiger partial charge in [-0.2, -0.15) is 11.8 Å².